The lowest BCUT2D eigenvalue weighted by Crippen LogP contribution is -2.57. The number of carbonyl (C=O) groups is 1. The monoisotopic (exact) mass is 261 g/mol. The maximum atomic E-state index is 10.7. The van der Waals surface area contributed by atoms with Gasteiger partial charge in [0.15, 0.2) is 0 Å². The van der Waals surface area contributed by atoms with Gasteiger partial charge in [-0.05, 0) is 25.7 Å². The molecule has 1 saturated heterocycles. The number of nitriles is 1. The lowest BCUT2D eigenvalue weighted by atomic mass is 9.72. The molecular weight excluding hydrogens is 246 g/mol. The number of ether oxygens (including phenoxy) is 1. The quantitative estimate of drug-likeness (QED) is 0.576. The second-order valence-corrected chi connectivity index (χ2v) is 5.22. The fraction of sp³-hybridized carbons (Fsp3) is 0.571. The molecule has 1 aliphatic carbocycles. The summed E-state index contributed by atoms with van der Waals surface area (Å²) in [5.41, 5.74) is -2.01. The molecule has 0 amide bonds. The van der Waals surface area contributed by atoms with Gasteiger partial charge in [-0.1, -0.05) is 11.8 Å². The van der Waals surface area contributed by atoms with E-state index >= 15 is 0 Å². The van der Waals surface area contributed by atoms with Gasteiger partial charge in [-0.2, -0.15) is 5.26 Å². The van der Waals surface area contributed by atoms with Crippen LogP contribution in [0.25, 0.3) is 0 Å². The Labute approximate surface area is 111 Å². The summed E-state index contributed by atoms with van der Waals surface area (Å²) in [7, 11) is 0. The van der Waals surface area contributed by atoms with Gasteiger partial charge in [0.25, 0.3) is 0 Å². The molecular formula is C14H15NO4. The zero-order valence-corrected chi connectivity index (χ0v) is 10.6. The van der Waals surface area contributed by atoms with E-state index in [1.807, 2.05) is 0 Å². The first-order valence-electron chi connectivity index (χ1n) is 6.09. The Hall–Kier alpha value is -1.82. The summed E-state index contributed by atoms with van der Waals surface area (Å²) in [4.78, 5) is 10.7. The number of hydrogen-bond acceptors (Lipinski definition) is 4. The smallest absolute Gasteiger partial charge is 0.329 e. The molecule has 0 aromatic heterocycles. The molecule has 5 heteroatoms. The van der Waals surface area contributed by atoms with Crippen LogP contribution < -0.4 is 0 Å². The van der Waals surface area contributed by atoms with Gasteiger partial charge in [-0.25, -0.2) is 4.79 Å². The number of carboxylic acid groups (broad SMARTS) is 1. The van der Waals surface area contributed by atoms with Crippen LogP contribution in [0.5, 0.6) is 0 Å². The van der Waals surface area contributed by atoms with Crippen LogP contribution in [0.2, 0.25) is 0 Å². The molecule has 0 bridgehead atoms. The summed E-state index contributed by atoms with van der Waals surface area (Å²) in [5.74, 6) is 4.52. The lowest BCUT2D eigenvalue weighted by Gasteiger charge is -2.42. The SMILES string of the molecule is C[C@@](O)(C#C/C(=C\C(=O)O)C1CC1)C1(C#N)COC1. The Morgan fingerprint density at radius 1 is 1.53 bits per heavy atom. The molecule has 1 heterocycles. The van der Waals surface area contributed by atoms with Gasteiger partial charge in [0, 0.05) is 11.6 Å². The molecule has 1 aliphatic heterocycles. The van der Waals surface area contributed by atoms with Crippen molar-refractivity contribution in [3.8, 4) is 17.9 Å². The zero-order valence-electron chi connectivity index (χ0n) is 10.6. The van der Waals surface area contributed by atoms with Crippen LogP contribution in [0.4, 0.5) is 0 Å². The Balaban J connectivity index is 2.22. The summed E-state index contributed by atoms with van der Waals surface area (Å²) >= 11 is 0. The molecule has 2 fully saturated rings. The Kier molecular flexibility index (Phi) is 3.36. The third-order valence-electron chi connectivity index (χ3n) is 3.59. The normalized spacial score (nSPS) is 24.2. The highest BCUT2D eigenvalue weighted by molar-refractivity contribution is 5.82. The van der Waals surface area contributed by atoms with Gasteiger partial charge in [0.05, 0.1) is 19.3 Å². The van der Waals surface area contributed by atoms with Crippen LogP contribution in [0.15, 0.2) is 11.6 Å². The number of rotatable bonds is 3. The molecule has 5 nitrogen and oxygen atoms in total. The van der Waals surface area contributed by atoms with E-state index in [4.69, 9.17) is 15.1 Å². The van der Waals surface area contributed by atoms with E-state index in [0.29, 0.717) is 5.57 Å². The molecule has 2 N–H and O–H groups in total. The van der Waals surface area contributed by atoms with Crippen molar-refractivity contribution in [1.29, 1.82) is 5.26 Å². The van der Waals surface area contributed by atoms with Gasteiger partial charge in [0.2, 0.25) is 0 Å². The minimum absolute atomic E-state index is 0.145. The highest BCUT2D eigenvalue weighted by Gasteiger charge is 2.53. The van der Waals surface area contributed by atoms with Gasteiger partial charge >= 0.3 is 5.97 Å². The molecule has 0 radical (unpaired) electrons. The topological polar surface area (TPSA) is 90.5 Å². The van der Waals surface area contributed by atoms with Crippen molar-refractivity contribution in [2.75, 3.05) is 13.2 Å². The van der Waals surface area contributed by atoms with Crippen molar-refractivity contribution in [2.45, 2.75) is 25.4 Å². The Morgan fingerprint density at radius 3 is 2.53 bits per heavy atom. The third kappa shape index (κ3) is 2.63. The predicted molar refractivity (Wildman–Crippen MR) is 65.7 cm³/mol. The van der Waals surface area contributed by atoms with E-state index in [9.17, 15) is 9.90 Å². The summed E-state index contributed by atoms with van der Waals surface area (Å²) < 4.78 is 4.99. The highest BCUT2D eigenvalue weighted by atomic mass is 16.5. The molecule has 0 unspecified atom stereocenters. The van der Waals surface area contributed by atoms with Crippen LogP contribution in [0.1, 0.15) is 19.8 Å². The number of aliphatic carboxylic acids is 1. The number of hydrogen-bond donors (Lipinski definition) is 2. The number of allylic oxidation sites excluding steroid dienone is 1. The average Bonchev–Trinajstić information content (AvgIpc) is 3.06. The minimum Gasteiger partial charge on any atom is -0.478 e. The third-order valence-corrected chi connectivity index (χ3v) is 3.59. The van der Waals surface area contributed by atoms with Gasteiger partial charge in [-0.15, -0.1) is 0 Å². The molecule has 0 aromatic rings. The van der Waals surface area contributed by atoms with Crippen molar-refractivity contribution in [2.24, 2.45) is 11.3 Å². The van der Waals surface area contributed by atoms with Crippen molar-refractivity contribution in [1.82, 2.24) is 0 Å². The molecule has 0 aromatic carbocycles. The lowest BCUT2D eigenvalue weighted by molar-refractivity contribution is -0.158. The van der Waals surface area contributed by atoms with Crippen LogP contribution in [-0.2, 0) is 9.53 Å². The largest absolute Gasteiger partial charge is 0.478 e. The maximum absolute atomic E-state index is 10.7. The van der Waals surface area contributed by atoms with Gasteiger partial charge in [-0.3, -0.25) is 0 Å². The fourth-order valence-corrected chi connectivity index (χ4v) is 1.86. The zero-order chi connectivity index (χ0) is 14.1. The fourth-order valence-electron chi connectivity index (χ4n) is 1.86. The Morgan fingerprint density at radius 2 is 2.16 bits per heavy atom. The van der Waals surface area contributed by atoms with E-state index < -0.39 is 17.0 Å². The first-order chi connectivity index (χ1) is 8.90. The molecule has 1 atom stereocenters. The second-order valence-electron chi connectivity index (χ2n) is 5.22. The molecule has 2 rings (SSSR count). The van der Waals surface area contributed by atoms with Crippen molar-refractivity contribution in [3.05, 3.63) is 11.6 Å². The van der Waals surface area contributed by atoms with E-state index in [0.717, 1.165) is 18.9 Å². The number of aliphatic hydroxyl groups is 1. The van der Waals surface area contributed by atoms with Crippen LogP contribution in [0.3, 0.4) is 0 Å². The molecule has 100 valence electrons. The van der Waals surface area contributed by atoms with Crippen LogP contribution in [-0.4, -0.2) is 35.0 Å². The van der Waals surface area contributed by atoms with E-state index in [-0.39, 0.29) is 19.1 Å². The maximum Gasteiger partial charge on any atom is 0.329 e. The van der Waals surface area contributed by atoms with E-state index in [1.165, 1.54) is 6.92 Å². The average molecular weight is 261 g/mol. The summed E-state index contributed by atoms with van der Waals surface area (Å²) in [6.45, 7) is 1.76. The standard InChI is InChI=1S/C14H15NO4/c1-13(18,14(7-15)8-19-9-14)5-4-11(6-12(16)17)10-2-3-10/h6,10,18H,2-3,8-9H2,1H3,(H,16,17)/b11-6+/t13-/m1/s1. The van der Waals surface area contributed by atoms with E-state index in [2.05, 4.69) is 17.9 Å². The highest BCUT2D eigenvalue weighted by Crippen LogP contribution is 2.39. The molecule has 2 aliphatic rings. The summed E-state index contributed by atoms with van der Waals surface area (Å²) in [6, 6.07) is 2.05. The van der Waals surface area contributed by atoms with Crippen LogP contribution >= 0.6 is 0 Å². The summed E-state index contributed by atoms with van der Waals surface area (Å²) in [5, 5.41) is 28.2. The van der Waals surface area contributed by atoms with E-state index in [1.54, 1.807) is 0 Å². The molecule has 1 saturated carbocycles. The predicted octanol–water partition coefficient (Wildman–Crippen LogP) is 0.702. The Bertz CT molecular complexity index is 522. The van der Waals surface area contributed by atoms with Gasteiger partial charge in [0.1, 0.15) is 11.0 Å². The van der Waals surface area contributed by atoms with Crippen molar-refractivity contribution < 1.29 is 19.7 Å². The van der Waals surface area contributed by atoms with Gasteiger partial charge < -0.3 is 14.9 Å². The molecule has 0 spiro atoms. The number of carboxylic acids is 1. The first kappa shape index (κ1) is 13.6. The molecule has 19 heavy (non-hydrogen) atoms. The summed E-state index contributed by atoms with van der Waals surface area (Å²) in [6.07, 6.45) is 2.92. The van der Waals surface area contributed by atoms with Crippen molar-refractivity contribution >= 4 is 5.97 Å². The van der Waals surface area contributed by atoms with Crippen LogP contribution in [0, 0.1) is 34.5 Å². The number of nitrogens with zero attached hydrogens (tertiary/aromatic N) is 1. The van der Waals surface area contributed by atoms with Crippen molar-refractivity contribution in [3.63, 3.8) is 0 Å². The first-order valence-corrected chi connectivity index (χ1v) is 6.09. The minimum atomic E-state index is -1.51. The second kappa shape index (κ2) is 4.70.